The average molecular weight is 177 g/mol. The summed E-state index contributed by atoms with van der Waals surface area (Å²) in [5, 5.41) is 0. The molecule has 4 heteroatoms. The Hall–Kier alpha value is -1.42. The summed E-state index contributed by atoms with van der Waals surface area (Å²) in [6.07, 6.45) is 1.71. The number of anilines is 1. The number of rotatable bonds is 1. The molecule has 13 heavy (non-hydrogen) atoms. The number of β-lactam (4-membered cyclic amide) rings is 1. The number of nitrogens with two attached hydrogens (primary N) is 1. The smallest absolute Gasteiger partial charge is 0.245 e. The zero-order chi connectivity index (χ0) is 9.42. The Morgan fingerprint density at radius 2 is 2.46 bits per heavy atom. The predicted molar refractivity (Wildman–Crippen MR) is 49.3 cm³/mol. The van der Waals surface area contributed by atoms with Gasteiger partial charge in [-0.25, -0.2) is 0 Å². The molecule has 2 rings (SSSR count). The van der Waals surface area contributed by atoms with Crippen LogP contribution in [0.2, 0.25) is 0 Å². The Kier molecular flexibility index (Phi) is 1.77. The van der Waals surface area contributed by atoms with Crippen LogP contribution in [0.1, 0.15) is 5.69 Å². The fourth-order valence-electron chi connectivity index (χ4n) is 1.43. The van der Waals surface area contributed by atoms with Gasteiger partial charge in [0.05, 0.1) is 17.9 Å². The summed E-state index contributed by atoms with van der Waals surface area (Å²) >= 11 is 0. The Balaban J connectivity index is 2.28. The normalized spacial score (nSPS) is 21.5. The monoisotopic (exact) mass is 177 g/mol. The maximum absolute atomic E-state index is 11.3. The number of carbonyl (C=O) groups excluding carboxylic acids is 1. The highest BCUT2D eigenvalue weighted by Crippen LogP contribution is 2.22. The summed E-state index contributed by atoms with van der Waals surface area (Å²) in [4.78, 5) is 17.1. The van der Waals surface area contributed by atoms with Crippen molar-refractivity contribution >= 4 is 11.6 Å². The van der Waals surface area contributed by atoms with Crippen LogP contribution in [-0.4, -0.2) is 23.5 Å². The maximum atomic E-state index is 11.3. The van der Waals surface area contributed by atoms with Gasteiger partial charge in [0.2, 0.25) is 5.91 Å². The first-order valence-electron chi connectivity index (χ1n) is 4.18. The van der Waals surface area contributed by atoms with E-state index in [9.17, 15) is 4.79 Å². The molecule has 1 amide bonds. The third-order valence-electron chi connectivity index (χ3n) is 2.23. The summed E-state index contributed by atoms with van der Waals surface area (Å²) < 4.78 is 0. The van der Waals surface area contributed by atoms with Crippen LogP contribution in [-0.2, 0) is 4.79 Å². The summed E-state index contributed by atoms with van der Waals surface area (Å²) in [5.41, 5.74) is 7.22. The molecule has 4 nitrogen and oxygen atoms in total. The fourth-order valence-corrected chi connectivity index (χ4v) is 1.43. The van der Waals surface area contributed by atoms with Gasteiger partial charge in [0.1, 0.15) is 6.04 Å². The van der Waals surface area contributed by atoms with E-state index in [4.69, 9.17) is 5.73 Å². The highest BCUT2D eigenvalue weighted by molar-refractivity contribution is 6.04. The summed E-state index contributed by atoms with van der Waals surface area (Å²) in [7, 11) is 0. The summed E-state index contributed by atoms with van der Waals surface area (Å²) in [6.45, 7) is 2.48. The van der Waals surface area contributed by atoms with Crippen LogP contribution in [0, 0.1) is 6.92 Å². The molecule has 1 fully saturated rings. The molecule has 1 saturated heterocycles. The third kappa shape index (κ3) is 1.19. The number of aromatic nitrogens is 1. The SMILES string of the molecule is Cc1ncccc1N1CC(N)C1=O. The van der Waals surface area contributed by atoms with E-state index in [1.54, 1.807) is 11.1 Å². The highest BCUT2D eigenvalue weighted by atomic mass is 16.2. The number of hydrogen-bond acceptors (Lipinski definition) is 3. The first-order valence-corrected chi connectivity index (χ1v) is 4.18. The van der Waals surface area contributed by atoms with Gasteiger partial charge < -0.3 is 10.6 Å². The topological polar surface area (TPSA) is 59.2 Å². The second-order valence-corrected chi connectivity index (χ2v) is 3.16. The second kappa shape index (κ2) is 2.81. The largest absolute Gasteiger partial charge is 0.318 e. The number of aryl methyl sites for hydroxylation is 1. The molecule has 2 heterocycles. The van der Waals surface area contributed by atoms with Crippen molar-refractivity contribution in [3.8, 4) is 0 Å². The predicted octanol–water partition coefficient (Wildman–Crippen LogP) is 0.0639. The Morgan fingerprint density at radius 1 is 1.69 bits per heavy atom. The van der Waals surface area contributed by atoms with E-state index in [0.29, 0.717) is 6.54 Å². The fraction of sp³-hybridized carbons (Fsp3) is 0.333. The van der Waals surface area contributed by atoms with Crippen molar-refractivity contribution < 1.29 is 4.79 Å². The van der Waals surface area contributed by atoms with Gasteiger partial charge in [0.25, 0.3) is 0 Å². The Bertz CT molecular complexity index is 350. The molecule has 0 aliphatic carbocycles. The minimum Gasteiger partial charge on any atom is -0.318 e. The van der Waals surface area contributed by atoms with Gasteiger partial charge in [-0.2, -0.15) is 0 Å². The zero-order valence-corrected chi connectivity index (χ0v) is 7.40. The first-order chi connectivity index (χ1) is 6.20. The van der Waals surface area contributed by atoms with Gasteiger partial charge in [0.15, 0.2) is 0 Å². The number of amides is 1. The van der Waals surface area contributed by atoms with Crippen LogP contribution in [0.5, 0.6) is 0 Å². The van der Waals surface area contributed by atoms with Gasteiger partial charge in [-0.15, -0.1) is 0 Å². The summed E-state index contributed by atoms with van der Waals surface area (Å²) in [5.74, 6) is -0.0175. The van der Waals surface area contributed by atoms with E-state index in [2.05, 4.69) is 4.98 Å². The molecule has 0 spiro atoms. The van der Waals surface area contributed by atoms with Gasteiger partial charge in [0, 0.05) is 6.20 Å². The molecule has 1 aromatic rings. The van der Waals surface area contributed by atoms with Crippen LogP contribution in [0.15, 0.2) is 18.3 Å². The molecule has 1 unspecified atom stereocenters. The number of hydrogen-bond donors (Lipinski definition) is 1. The molecule has 0 radical (unpaired) electrons. The van der Waals surface area contributed by atoms with Crippen molar-refractivity contribution in [1.82, 2.24) is 4.98 Å². The molecular formula is C9H11N3O. The molecule has 1 aromatic heterocycles. The molecule has 1 atom stereocenters. The number of pyridine rings is 1. The van der Waals surface area contributed by atoms with E-state index >= 15 is 0 Å². The third-order valence-corrected chi connectivity index (χ3v) is 2.23. The lowest BCUT2D eigenvalue weighted by atomic mass is 10.1. The van der Waals surface area contributed by atoms with E-state index < -0.39 is 0 Å². The molecule has 0 saturated carbocycles. The lowest BCUT2D eigenvalue weighted by Crippen LogP contribution is -2.61. The van der Waals surface area contributed by atoms with Crippen LogP contribution >= 0.6 is 0 Å². The van der Waals surface area contributed by atoms with E-state index in [0.717, 1.165) is 11.4 Å². The van der Waals surface area contributed by atoms with E-state index in [1.807, 2.05) is 19.1 Å². The van der Waals surface area contributed by atoms with Crippen molar-refractivity contribution in [2.45, 2.75) is 13.0 Å². The molecule has 1 aliphatic heterocycles. The molecule has 0 aromatic carbocycles. The minimum absolute atomic E-state index is 0.0175. The lowest BCUT2D eigenvalue weighted by molar-refractivity contribution is -0.123. The number of nitrogens with zero attached hydrogens (tertiary/aromatic N) is 2. The maximum Gasteiger partial charge on any atom is 0.245 e. The summed E-state index contributed by atoms with van der Waals surface area (Å²) in [6, 6.07) is 3.38. The van der Waals surface area contributed by atoms with Crippen molar-refractivity contribution in [3.63, 3.8) is 0 Å². The molecule has 2 N–H and O–H groups in total. The molecule has 68 valence electrons. The lowest BCUT2D eigenvalue weighted by Gasteiger charge is -2.36. The van der Waals surface area contributed by atoms with Crippen molar-refractivity contribution in [2.24, 2.45) is 5.73 Å². The average Bonchev–Trinajstić information content (AvgIpc) is 2.15. The zero-order valence-electron chi connectivity index (χ0n) is 7.40. The van der Waals surface area contributed by atoms with Gasteiger partial charge >= 0.3 is 0 Å². The Morgan fingerprint density at radius 3 is 3.00 bits per heavy atom. The molecule has 1 aliphatic rings. The van der Waals surface area contributed by atoms with Crippen LogP contribution in [0.25, 0.3) is 0 Å². The van der Waals surface area contributed by atoms with Crippen molar-refractivity contribution in [2.75, 3.05) is 11.4 Å². The van der Waals surface area contributed by atoms with Crippen LogP contribution in [0.4, 0.5) is 5.69 Å². The van der Waals surface area contributed by atoms with Crippen LogP contribution < -0.4 is 10.6 Å². The van der Waals surface area contributed by atoms with Gasteiger partial charge in [-0.3, -0.25) is 9.78 Å². The standard InChI is InChI=1S/C9H11N3O/c1-6-8(3-2-4-11-6)12-5-7(10)9(12)13/h2-4,7H,5,10H2,1H3. The molecular weight excluding hydrogens is 166 g/mol. The van der Waals surface area contributed by atoms with Crippen molar-refractivity contribution in [3.05, 3.63) is 24.0 Å². The first kappa shape index (κ1) is 8.19. The van der Waals surface area contributed by atoms with Gasteiger partial charge in [-0.1, -0.05) is 0 Å². The quantitative estimate of drug-likeness (QED) is 0.617. The van der Waals surface area contributed by atoms with E-state index in [1.165, 1.54) is 0 Å². The van der Waals surface area contributed by atoms with E-state index in [-0.39, 0.29) is 11.9 Å². The molecule has 0 bridgehead atoms. The number of carbonyl (C=O) groups is 1. The van der Waals surface area contributed by atoms with Crippen molar-refractivity contribution in [1.29, 1.82) is 0 Å². The second-order valence-electron chi connectivity index (χ2n) is 3.16. The van der Waals surface area contributed by atoms with Gasteiger partial charge in [-0.05, 0) is 19.1 Å². The Labute approximate surface area is 76.4 Å². The minimum atomic E-state index is -0.320. The highest BCUT2D eigenvalue weighted by Gasteiger charge is 2.35. The van der Waals surface area contributed by atoms with Crippen LogP contribution in [0.3, 0.4) is 0 Å².